The van der Waals surface area contributed by atoms with E-state index in [1.807, 2.05) is 12.1 Å². The van der Waals surface area contributed by atoms with E-state index in [0.717, 1.165) is 35.5 Å². The van der Waals surface area contributed by atoms with Crippen molar-refractivity contribution in [3.8, 4) is 11.5 Å². The summed E-state index contributed by atoms with van der Waals surface area (Å²) >= 11 is 20.6. The Morgan fingerprint density at radius 2 is 0.974 bits per heavy atom. The molecule has 0 aliphatic carbocycles. The molecule has 2 aromatic rings. The molecule has 0 saturated carbocycles. The van der Waals surface area contributed by atoms with Crippen LogP contribution in [-0.2, 0) is 67.0 Å². The fourth-order valence-corrected chi connectivity index (χ4v) is 3.96. The summed E-state index contributed by atoms with van der Waals surface area (Å²) in [5, 5.41) is 3.09. The Balaban J connectivity index is 0.000000722. The minimum atomic E-state index is 0. The van der Waals surface area contributed by atoms with E-state index in [4.69, 9.17) is 60.0 Å². The average Bonchev–Trinajstić information content (AvgIpc) is 2.87. The van der Waals surface area contributed by atoms with E-state index < -0.39 is 0 Å². The zero-order valence-corrected chi connectivity index (χ0v) is 28.8. The van der Waals surface area contributed by atoms with Gasteiger partial charge in [0.05, 0.1) is 13.2 Å². The molecule has 0 amide bonds. The van der Waals surface area contributed by atoms with Crippen LogP contribution in [0.4, 0.5) is 0 Å². The van der Waals surface area contributed by atoms with Gasteiger partial charge in [-0.05, 0) is 83.0 Å². The number of benzene rings is 2. The van der Waals surface area contributed by atoms with Crippen LogP contribution in [0.15, 0.2) is 47.2 Å². The molecule has 0 unspecified atom stereocenters. The molecule has 0 atom stereocenters. The summed E-state index contributed by atoms with van der Waals surface area (Å²) in [7, 11) is 0. The van der Waals surface area contributed by atoms with E-state index in [1.165, 1.54) is 11.1 Å². The van der Waals surface area contributed by atoms with Gasteiger partial charge in [0.25, 0.3) is 0 Å². The summed E-state index contributed by atoms with van der Waals surface area (Å²) in [4.78, 5) is 1.36. The van der Waals surface area contributed by atoms with Crippen molar-refractivity contribution in [3.63, 3.8) is 0 Å². The molecule has 0 heterocycles. The zero-order chi connectivity index (χ0) is 28.8. The molecule has 2 aromatic carbocycles. The van der Waals surface area contributed by atoms with Crippen molar-refractivity contribution in [2.24, 2.45) is 11.8 Å². The summed E-state index contributed by atoms with van der Waals surface area (Å²) in [5.74, 6) is 3.90. The molecule has 222 valence electrons. The van der Waals surface area contributed by atoms with Crippen LogP contribution in [0.5, 0.6) is 11.5 Å². The maximum atomic E-state index is 5.85. The quantitative estimate of drug-likeness (QED) is 0.168. The molecule has 2 nitrogen and oxygen atoms in total. The van der Waals surface area contributed by atoms with Crippen LogP contribution in [0.2, 0.25) is 0 Å². The summed E-state index contributed by atoms with van der Waals surface area (Å²) in [5.41, 5.74) is 4.40. The van der Waals surface area contributed by atoms with Crippen molar-refractivity contribution in [2.75, 3.05) is 13.2 Å². The number of ether oxygens (including phenoxy) is 2. The topological polar surface area (TPSA) is 18.5 Å². The van der Waals surface area contributed by atoms with Crippen LogP contribution in [0.1, 0.15) is 102 Å². The Morgan fingerprint density at radius 1 is 0.641 bits per heavy atom. The van der Waals surface area contributed by atoms with Gasteiger partial charge in [0, 0.05) is 16.5 Å². The first kappa shape index (κ1) is 37.9. The number of rotatable bonds is 12. The number of hydrogen-bond donors (Lipinski definition) is 0. The smallest absolute Gasteiger partial charge is 0.124 e. The van der Waals surface area contributed by atoms with Crippen LogP contribution < -0.4 is 9.47 Å². The van der Waals surface area contributed by atoms with Gasteiger partial charge in [-0.25, -0.2) is 10.8 Å². The van der Waals surface area contributed by atoms with Gasteiger partial charge in [-0.15, -0.1) is 0 Å². The predicted molar refractivity (Wildman–Crippen MR) is 176 cm³/mol. The second-order valence-corrected chi connectivity index (χ2v) is 12.2. The third kappa shape index (κ3) is 13.9. The van der Waals surface area contributed by atoms with E-state index in [9.17, 15) is 0 Å². The van der Waals surface area contributed by atoms with Crippen molar-refractivity contribution in [1.82, 2.24) is 0 Å². The van der Waals surface area contributed by atoms with Crippen LogP contribution in [0, 0.1) is 11.8 Å². The van der Waals surface area contributed by atoms with Gasteiger partial charge in [-0.1, -0.05) is 67.5 Å². The minimum Gasteiger partial charge on any atom is -0.789 e. The van der Waals surface area contributed by atoms with Crippen molar-refractivity contribution in [3.05, 3.63) is 69.5 Å². The van der Waals surface area contributed by atoms with Gasteiger partial charge in [-0.3, -0.25) is 0 Å². The van der Waals surface area contributed by atoms with E-state index in [1.54, 1.807) is 10.8 Å². The molecule has 0 N–H and O–H groups in total. The largest absolute Gasteiger partial charge is 0.789 e. The third-order valence-electron chi connectivity index (χ3n) is 5.99. The maximum absolute atomic E-state index is 5.85. The average molecular weight is 648 g/mol. The van der Waals surface area contributed by atoms with E-state index >= 15 is 0 Å². The van der Waals surface area contributed by atoms with Gasteiger partial charge in [0.15, 0.2) is 0 Å². The first-order valence-corrected chi connectivity index (χ1v) is 15.2. The van der Waals surface area contributed by atoms with Gasteiger partial charge in [-0.2, -0.15) is 9.81 Å². The Kier molecular flexibility index (Phi) is 19.3. The molecular weight excluding hydrogens is 603 g/mol. The molecule has 0 radical (unpaired) electrons. The fourth-order valence-electron chi connectivity index (χ4n) is 3.39. The molecule has 0 fully saturated rings. The second-order valence-electron chi connectivity index (χ2n) is 10.8. The molecule has 0 bridgehead atoms. The minimum absolute atomic E-state index is 0. The van der Waals surface area contributed by atoms with Crippen LogP contribution in [0.25, 0.3) is 9.81 Å². The standard InChI is InChI=1S/2C16H24OS2.Ni/c2*1-11(2)7-8-17-15-6-5-13(12(3)4)9-14(15)16(19)10-18;/h2*5-6,9-12,18-19H,7-8H2,1-4H3;/p-4/b2*16-10-;. The number of hydrogen-bond acceptors (Lipinski definition) is 6. The van der Waals surface area contributed by atoms with Crippen molar-refractivity contribution in [1.29, 1.82) is 0 Å². The van der Waals surface area contributed by atoms with Crippen molar-refractivity contribution in [2.45, 2.75) is 80.1 Å². The summed E-state index contributed by atoms with van der Waals surface area (Å²) in [6, 6.07) is 12.4. The molecular formula is C32H44NiO2S4-4. The summed E-state index contributed by atoms with van der Waals surface area (Å²) in [6.07, 6.45) is 2.07. The first-order valence-electron chi connectivity index (χ1n) is 13.4. The Morgan fingerprint density at radius 3 is 1.23 bits per heavy atom. The molecule has 0 aromatic heterocycles. The van der Waals surface area contributed by atoms with Crippen LogP contribution in [0.3, 0.4) is 0 Å². The van der Waals surface area contributed by atoms with E-state index in [-0.39, 0.29) is 16.5 Å². The molecule has 39 heavy (non-hydrogen) atoms. The van der Waals surface area contributed by atoms with Crippen LogP contribution >= 0.6 is 0 Å². The SMILES string of the molecule is CC(C)CCOc1ccc(C(C)C)cc1/C([S-])=C/[S-].CC(C)CCOc1ccc(C(C)C)cc1/C([S-])=C/[S-].[Ni]. The van der Waals surface area contributed by atoms with Gasteiger partial charge < -0.3 is 60.0 Å². The summed E-state index contributed by atoms with van der Waals surface area (Å²) in [6.45, 7) is 18.8. The molecule has 0 saturated heterocycles. The van der Waals surface area contributed by atoms with Gasteiger partial charge in [0.1, 0.15) is 11.5 Å². The zero-order valence-electron chi connectivity index (χ0n) is 24.5. The van der Waals surface area contributed by atoms with Gasteiger partial charge in [0.2, 0.25) is 0 Å². The van der Waals surface area contributed by atoms with Crippen LogP contribution in [-0.4, -0.2) is 13.2 Å². The third-order valence-corrected chi connectivity index (χ3v) is 7.44. The summed E-state index contributed by atoms with van der Waals surface area (Å²) < 4.78 is 11.7. The Labute approximate surface area is 270 Å². The normalized spacial score (nSPS) is 11.9. The second kappa shape index (κ2) is 19.9. The van der Waals surface area contributed by atoms with E-state index in [0.29, 0.717) is 46.7 Å². The Hall–Kier alpha value is -1.11. The predicted octanol–water partition coefficient (Wildman–Crippen LogP) is 9.25. The molecule has 0 aliphatic rings. The molecule has 0 aliphatic heterocycles. The first-order chi connectivity index (χ1) is 17.9. The fraction of sp³-hybridized carbons (Fsp3) is 0.500. The maximum Gasteiger partial charge on any atom is 0.124 e. The molecule has 0 spiro atoms. The van der Waals surface area contributed by atoms with Crippen molar-refractivity contribution >= 4 is 60.3 Å². The molecule has 2 rings (SSSR count). The van der Waals surface area contributed by atoms with Crippen molar-refractivity contribution < 1.29 is 26.0 Å². The monoisotopic (exact) mass is 646 g/mol. The van der Waals surface area contributed by atoms with Gasteiger partial charge >= 0.3 is 0 Å². The Bertz CT molecular complexity index is 963. The molecule has 7 heteroatoms. The van der Waals surface area contributed by atoms with E-state index in [2.05, 4.69) is 79.7 Å².